The van der Waals surface area contributed by atoms with Crippen LogP contribution in [0.15, 0.2) is 12.2 Å². The van der Waals surface area contributed by atoms with Gasteiger partial charge in [-0.15, -0.1) is 0 Å². The Morgan fingerprint density at radius 3 is 2.28 bits per heavy atom. The van der Waals surface area contributed by atoms with Crippen molar-refractivity contribution in [3.63, 3.8) is 0 Å². The average molecular weight is 415 g/mol. The molecule has 0 amide bonds. The molecule has 7 atom stereocenters. The van der Waals surface area contributed by atoms with Crippen molar-refractivity contribution in [3.05, 3.63) is 12.2 Å². The van der Waals surface area contributed by atoms with E-state index in [1.54, 1.807) is 0 Å². The Hall–Kier alpha value is -0.573. The first-order chi connectivity index (χ1) is 14.0. The Balaban J connectivity index is 1.26. The number of hydrogen-bond donors (Lipinski definition) is 0. The summed E-state index contributed by atoms with van der Waals surface area (Å²) in [4.78, 5) is 13.5. The molecule has 4 bridgehead atoms. The van der Waals surface area contributed by atoms with Crippen molar-refractivity contribution in [2.45, 2.75) is 102 Å². The SMILES string of the molecule is CC[Si](CC)(CC)CCC1(OC(=O)C2CC3CC2C2C4C=CC(C4)C32)CCCC1. The lowest BCUT2D eigenvalue weighted by atomic mass is 9.69. The fourth-order valence-electron chi connectivity index (χ4n) is 8.77. The van der Waals surface area contributed by atoms with E-state index in [0.717, 1.165) is 55.3 Å². The molecule has 4 saturated carbocycles. The van der Waals surface area contributed by atoms with Crippen LogP contribution in [0.5, 0.6) is 0 Å². The maximum Gasteiger partial charge on any atom is 0.309 e. The van der Waals surface area contributed by atoms with E-state index in [2.05, 4.69) is 32.9 Å². The van der Waals surface area contributed by atoms with E-state index in [-0.39, 0.29) is 17.5 Å². The highest BCUT2D eigenvalue weighted by atomic mass is 28.3. The molecule has 0 spiro atoms. The standard InChI is InChI=1S/C26H42O2Si/c1-4-29(5-2,6-3)14-13-26(11-7-8-12-26)28-25(27)22-17-20-16-21(22)24-19-10-9-18(15-19)23(20)24/h9-10,18-24H,4-8,11-17H2,1-3H3. The zero-order valence-corrected chi connectivity index (χ0v) is 20.0. The van der Waals surface area contributed by atoms with E-state index in [4.69, 9.17) is 4.74 Å². The monoisotopic (exact) mass is 414 g/mol. The fourth-order valence-corrected chi connectivity index (χ4v) is 12.3. The molecule has 4 fully saturated rings. The van der Waals surface area contributed by atoms with Gasteiger partial charge in [0.25, 0.3) is 0 Å². The van der Waals surface area contributed by atoms with Gasteiger partial charge in [-0.05, 0) is 86.9 Å². The first-order valence-electron chi connectivity index (χ1n) is 12.9. The molecule has 0 aromatic rings. The van der Waals surface area contributed by atoms with Crippen molar-refractivity contribution in [1.82, 2.24) is 0 Å². The normalized spacial score (nSPS) is 41.3. The summed E-state index contributed by atoms with van der Waals surface area (Å²) in [6, 6.07) is 5.51. The van der Waals surface area contributed by atoms with Crippen LogP contribution in [0.2, 0.25) is 24.2 Å². The lowest BCUT2D eigenvalue weighted by Crippen LogP contribution is -2.41. The fraction of sp³-hybridized carbons (Fsp3) is 0.885. The zero-order valence-electron chi connectivity index (χ0n) is 19.0. The quantitative estimate of drug-likeness (QED) is 0.188. The van der Waals surface area contributed by atoms with Crippen molar-refractivity contribution in [3.8, 4) is 0 Å². The first kappa shape index (κ1) is 20.3. The predicted octanol–water partition coefficient (Wildman–Crippen LogP) is 6.84. The molecule has 0 radical (unpaired) electrons. The molecule has 162 valence electrons. The molecule has 2 nitrogen and oxygen atoms in total. The highest BCUT2D eigenvalue weighted by Gasteiger charge is 2.62. The lowest BCUT2D eigenvalue weighted by Gasteiger charge is -2.39. The third-order valence-electron chi connectivity index (χ3n) is 10.8. The Kier molecular flexibility index (Phi) is 5.28. The van der Waals surface area contributed by atoms with Gasteiger partial charge in [0.2, 0.25) is 0 Å². The number of fused-ring (bicyclic) bond motifs is 9. The summed E-state index contributed by atoms with van der Waals surface area (Å²) in [5.41, 5.74) is -0.106. The van der Waals surface area contributed by atoms with Gasteiger partial charge < -0.3 is 4.74 Å². The Morgan fingerprint density at radius 1 is 0.966 bits per heavy atom. The van der Waals surface area contributed by atoms with Crippen LogP contribution in [0.1, 0.15) is 72.1 Å². The largest absolute Gasteiger partial charge is 0.459 e. The molecular formula is C26H42O2Si. The van der Waals surface area contributed by atoms with Gasteiger partial charge in [0, 0.05) is 0 Å². The smallest absolute Gasteiger partial charge is 0.309 e. The van der Waals surface area contributed by atoms with Crippen LogP contribution in [-0.4, -0.2) is 19.6 Å². The molecule has 0 aromatic heterocycles. The minimum atomic E-state index is -1.15. The number of carbonyl (C=O) groups excluding carboxylic acids is 1. The van der Waals surface area contributed by atoms with E-state index in [0.29, 0.717) is 5.92 Å². The minimum absolute atomic E-state index is 0.106. The van der Waals surface area contributed by atoms with Crippen LogP contribution in [0.3, 0.4) is 0 Å². The highest BCUT2D eigenvalue weighted by molar-refractivity contribution is 6.79. The number of esters is 1. The lowest BCUT2D eigenvalue weighted by molar-refractivity contribution is -0.168. The molecule has 7 unspecified atom stereocenters. The van der Waals surface area contributed by atoms with Crippen molar-refractivity contribution < 1.29 is 9.53 Å². The third-order valence-corrected chi connectivity index (χ3v) is 16.6. The van der Waals surface area contributed by atoms with Crippen LogP contribution in [0, 0.1) is 41.4 Å². The maximum absolute atomic E-state index is 13.5. The molecule has 3 heteroatoms. The van der Waals surface area contributed by atoms with Crippen molar-refractivity contribution >= 4 is 14.0 Å². The molecule has 0 aromatic carbocycles. The molecule has 0 saturated heterocycles. The molecule has 0 heterocycles. The minimum Gasteiger partial charge on any atom is -0.459 e. The Bertz CT molecular complexity index is 651. The summed E-state index contributed by atoms with van der Waals surface area (Å²) >= 11 is 0. The van der Waals surface area contributed by atoms with Crippen LogP contribution < -0.4 is 0 Å². The molecular weight excluding hydrogens is 372 g/mol. The van der Waals surface area contributed by atoms with Gasteiger partial charge in [-0.3, -0.25) is 4.79 Å². The van der Waals surface area contributed by atoms with Crippen molar-refractivity contribution in [2.24, 2.45) is 41.4 Å². The molecule has 0 aliphatic heterocycles. The number of ether oxygens (including phenoxy) is 1. The summed E-state index contributed by atoms with van der Waals surface area (Å²) in [7, 11) is -1.15. The molecule has 5 rings (SSSR count). The summed E-state index contributed by atoms with van der Waals surface area (Å²) < 4.78 is 6.56. The summed E-state index contributed by atoms with van der Waals surface area (Å²) in [6.07, 6.45) is 14.7. The Labute approximate surface area is 179 Å². The van der Waals surface area contributed by atoms with Gasteiger partial charge in [-0.2, -0.15) is 0 Å². The average Bonchev–Trinajstić information content (AvgIpc) is 3.55. The molecule has 5 aliphatic rings. The van der Waals surface area contributed by atoms with Gasteiger partial charge in [0.05, 0.1) is 14.0 Å². The van der Waals surface area contributed by atoms with Gasteiger partial charge in [-0.1, -0.05) is 57.1 Å². The molecule has 29 heavy (non-hydrogen) atoms. The predicted molar refractivity (Wildman–Crippen MR) is 121 cm³/mol. The van der Waals surface area contributed by atoms with Crippen LogP contribution >= 0.6 is 0 Å². The van der Waals surface area contributed by atoms with Crippen LogP contribution in [0.4, 0.5) is 0 Å². The van der Waals surface area contributed by atoms with E-state index < -0.39 is 8.07 Å². The second-order valence-electron chi connectivity index (χ2n) is 11.5. The van der Waals surface area contributed by atoms with Gasteiger partial charge in [-0.25, -0.2) is 0 Å². The van der Waals surface area contributed by atoms with Crippen molar-refractivity contribution in [2.75, 3.05) is 0 Å². The van der Waals surface area contributed by atoms with Gasteiger partial charge in [0.15, 0.2) is 0 Å². The summed E-state index contributed by atoms with van der Waals surface area (Å²) in [5.74, 6) is 5.20. The van der Waals surface area contributed by atoms with E-state index in [9.17, 15) is 4.79 Å². The van der Waals surface area contributed by atoms with E-state index in [1.807, 2.05) is 0 Å². The second-order valence-corrected chi connectivity index (χ2v) is 17.1. The molecule has 0 N–H and O–H groups in total. The van der Waals surface area contributed by atoms with Crippen LogP contribution in [-0.2, 0) is 9.53 Å². The maximum atomic E-state index is 13.5. The number of rotatable bonds is 8. The van der Waals surface area contributed by atoms with Crippen LogP contribution in [0.25, 0.3) is 0 Å². The number of allylic oxidation sites excluding steroid dienone is 2. The highest BCUT2D eigenvalue weighted by Crippen LogP contribution is 2.67. The molecule has 5 aliphatic carbocycles. The van der Waals surface area contributed by atoms with Gasteiger partial charge >= 0.3 is 5.97 Å². The topological polar surface area (TPSA) is 26.3 Å². The van der Waals surface area contributed by atoms with E-state index in [1.165, 1.54) is 49.9 Å². The second kappa shape index (κ2) is 7.53. The number of carbonyl (C=O) groups is 1. The Morgan fingerprint density at radius 2 is 1.62 bits per heavy atom. The first-order valence-corrected chi connectivity index (χ1v) is 15.8. The van der Waals surface area contributed by atoms with E-state index >= 15 is 0 Å². The summed E-state index contributed by atoms with van der Waals surface area (Å²) in [6.45, 7) is 7.21. The van der Waals surface area contributed by atoms with Crippen molar-refractivity contribution in [1.29, 1.82) is 0 Å². The zero-order chi connectivity index (χ0) is 20.2. The summed E-state index contributed by atoms with van der Waals surface area (Å²) in [5, 5.41) is 0. The third kappa shape index (κ3) is 3.20. The number of hydrogen-bond acceptors (Lipinski definition) is 2. The van der Waals surface area contributed by atoms with Gasteiger partial charge in [0.1, 0.15) is 5.60 Å².